The zero-order chi connectivity index (χ0) is 13.9. The number of carbonyl (C=O) groups excluding carboxylic acids is 3. The van der Waals surface area contributed by atoms with Crippen molar-refractivity contribution in [3.8, 4) is 0 Å². The molecule has 1 aliphatic heterocycles. The fourth-order valence-electron chi connectivity index (χ4n) is 1.94. The number of nitrogens with one attached hydrogen (secondary N) is 1. The van der Waals surface area contributed by atoms with E-state index in [-0.39, 0.29) is 18.4 Å². The molecule has 6 nitrogen and oxygen atoms in total. The van der Waals surface area contributed by atoms with Crippen LogP contribution in [0.4, 0.5) is 4.79 Å². The number of hydrogen-bond acceptors (Lipinski definition) is 3. The van der Waals surface area contributed by atoms with Gasteiger partial charge in [0, 0.05) is 13.1 Å². The fraction of sp³-hybridized carbons (Fsp3) is 0.750. The molecule has 1 aliphatic rings. The van der Waals surface area contributed by atoms with E-state index in [1.807, 2.05) is 20.8 Å². The molecule has 0 radical (unpaired) electrons. The first-order valence-corrected chi connectivity index (χ1v) is 6.31. The van der Waals surface area contributed by atoms with E-state index >= 15 is 0 Å². The maximum Gasteiger partial charge on any atom is 0.325 e. The van der Waals surface area contributed by atoms with E-state index in [2.05, 4.69) is 5.32 Å². The third kappa shape index (κ3) is 2.47. The van der Waals surface area contributed by atoms with Gasteiger partial charge in [-0.2, -0.15) is 0 Å². The minimum absolute atomic E-state index is 0.179. The number of hydrogen-bond donors (Lipinski definition) is 1. The summed E-state index contributed by atoms with van der Waals surface area (Å²) in [5.41, 5.74) is -0.874. The van der Waals surface area contributed by atoms with E-state index in [1.165, 1.54) is 0 Å². The van der Waals surface area contributed by atoms with Crippen molar-refractivity contribution >= 4 is 17.8 Å². The zero-order valence-electron chi connectivity index (χ0n) is 11.4. The Bertz CT molecular complexity index is 366. The molecule has 4 amide bonds. The number of likely N-dealkylation sites (N-methyl/N-ethyl adjacent to an activating group) is 1. The molecule has 1 N–H and O–H groups in total. The monoisotopic (exact) mass is 255 g/mol. The highest BCUT2D eigenvalue weighted by atomic mass is 16.2. The largest absolute Gasteiger partial charge is 0.342 e. The normalized spacial score (nSPS) is 23.2. The summed E-state index contributed by atoms with van der Waals surface area (Å²) in [5.74, 6) is -0.528. The highest BCUT2D eigenvalue weighted by Gasteiger charge is 2.47. The van der Waals surface area contributed by atoms with E-state index in [4.69, 9.17) is 0 Å². The first-order valence-electron chi connectivity index (χ1n) is 6.31. The standard InChI is InChI=1S/C12H21N3O3/c1-5-12(4)10(17)15(11(18)13-12)8-9(16)14(6-2)7-3/h5-8H2,1-4H3,(H,13,18)/t12-/m1/s1. The summed E-state index contributed by atoms with van der Waals surface area (Å²) in [5, 5.41) is 2.63. The summed E-state index contributed by atoms with van der Waals surface area (Å²) in [6.07, 6.45) is 0.507. The predicted octanol–water partition coefficient (Wildman–Crippen LogP) is 0.575. The van der Waals surface area contributed by atoms with E-state index in [0.717, 1.165) is 4.90 Å². The Hall–Kier alpha value is -1.59. The second-order valence-corrected chi connectivity index (χ2v) is 4.57. The molecular formula is C12H21N3O3. The molecule has 1 rings (SSSR count). The first kappa shape index (κ1) is 14.5. The smallest absolute Gasteiger partial charge is 0.325 e. The van der Waals surface area contributed by atoms with Gasteiger partial charge in [-0.05, 0) is 27.2 Å². The molecule has 1 heterocycles. The molecule has 0 aromatic carbocycles. The average Bonchev–Trinajstić information content (AvgIpc) is 2.55. The van der Waals surface area contributed by atoms with Gasteiger partial charge in [0.25, 0.3) is 5.91 Å². The molecular weight excluding hydrogens is 234 g/mol. The minimum atomic E-state index is -0.874. The lowest BCUT2D eigenvalue weighted by Gasteiger charge is -2.22. The zero-order valence-corrected chi connectivity index (χ0v) is 11.4. The van der Waals surface area contributed by atoms with Gasteiger partial charge in [0.15, 0.2) is 0 Å². The van der Waals surface area contributed by atoms with Crippen LogP contribution in [0, 0.1) is 0 Å². The van der Waals surface area contributed by atoms with Crippen molar-refractivity contribution in [1.82, 2.24) is 15.1 Å². The summed E-state index contributed by atoms with van der Waals surface area (Å²) in [4.78, 5) is 38.3. The molecule has 1 atom stereocenters. The summed E-state index contributed by atoms with van der Waals surface area (Å²) in [6, 6.07) is -0.482. The van der Waals surface area contributed by atoms with Crippen LogP contribution in [0.3, 0.4) is 0 Å². The second kappa shape index (κ2) is 5.37. The van der Waals surface area contributed by atoms with Gasteiger partial charge in [0.05, 0.1) is 0 Å². The van der Waals surface area contributed by atoms with Crippen LogP contribution < -0.4 is 5.32 Å². The molecule has 0 spiro atoms. The summed E-state index contributed by atoms with van der Waals surface area (Å²) in [7, 11) is 0. The predicted molar refractivity (Wildman–Crippen MR) is 66.9 cm³/mol. The van der Waals surface area contributed by atoms with Gasteiger partial charge in [-0.1, -0.05) is 6.92 Å². The van der Waals surface area contributed by atoms with E-state index < -0.39 is 11.6 Å². The van der Waals surface area contributed by atoms with E-state index in [1.54, 1.807) is 11.8 Å². The molecule has 0 bridgehead atoms. The van der Waals surface area contributed by atoms with Gasteiger partial charge in [0.1, 0.15) is 12.1 Å². The highest BCUT2D eigenvalue weighted by molar-refractivity contribution is 6.08. The van der Waals surface area contributed by atoms with Crippen molar-refractivity contribution in [1.29, 1.82) is 0 Å². The molecule has 102 valence electrons. The molecule has 0 unspecified atom stereocenters. The van der Waals surface area contributed by atoms with E-state index in [0.29, 0.717) is 19.5 Å². The average molecular weight is 255 g/mol. The second-order valence-electron chi connectivity index (χ2n) is 4.57. The van der Waals surface area contributed by atoms with Crippen LogP contribution in [-0.2, 0) is 9.59 Å². The van der Waals surface area contributed by atoms with Crippen LogP contribution in [0.25, 0.3) is 0 Å². The number of nitrogens with zero attached hydrogens (tertiary/aromatic N) is 2. The van der Waals surface area contributed by atoms with Crippen molar-refractivity contribution in [3.63, 3.8) is 0 Å². The van der Waals surface area contributed by atoms with Crippen LogP contribution in [0.5, 0.6) is 0 Å². The van der Waals surface area contributed by atoms with Crippen molar-refractivity contribution < 1.29 is 14.4 Å². The van der Waals surface area contributed by atoms with Gasteiger partial charge in [-0.3, -0.25) is 14.5 Å². The van der Waals surface area contributed by atoms with Gasteiger partial charge < -0.3 is 10.2 Å². The van der Waals surface area contributed by atoms with Crippen LogP contribution in [0.15, 0.2) is 0 Å². The third-order valence-corrected chi connectivity index (χ3v) is 3.46. The lowest BCUT2D eigenvalue weighted by molar-refractivity contribution is -0.138. The lowest BCUT2D eigenvalue weighted by atomic mass is 9.99. The van der Waals surface area contributed by atoms with Crippen molar-refractivity contribution in [3.05, 3.63) is 0 Å². The van der Waals surface area contributed by atoms with Crippen LogP contribution in [0.2, 0.25) is 0 Å². The van der Waals surface area contributed by atoms with Gasteiger partial charge in [0.2, 0.25) is 5.91 Å². The summed E-state index contributed by atoms with van der Waals surface area (Å²) >= 11 is 0. The molecule has 6 heteroatoms. The molecule has 0 aliphatic carbocycles. The first-order chi connectivity index (χ1) is 8.39. The third-order valence-electron chi connectivity index (χ3n) is 3.46. The summed E-state index contributed by atoms with van der Waals surface area (Å²) in [6.45, 7) is 8.20. The number of carbonyl (C=O) groups is 3. The maximum atomic E-state index is 12.1. The Labute approximate surface area is 107 Å². The number of urea groups is 1. The number of imide groups is 1. The Balaban J connectivity index is 2.77. The van der Waals surface area contributed by atoms with Crippen LogP contribution in [-0.4, -0.2) is 52.8 Å². The number of amides is 4. The van der Waals surface area contributed by atoms with Crippen LogP contribution in [0.1, 0.15) is 34.1 Å². The van der Waals surface area contributed by atoms with Crippen molar-refractivity contribution in [2.45, 2.75) is 39.7 Å². The molecule has 1 saturated heterocycles. The molecule has 0 saturated carbocycles. The SMILES string of the molecule is CCN(CC)C(=O)CN1C(=O)N[C@](C)(CC)C1=O. The fourth-order valence-corrected chi connectivity index (χ4v) is 1.94. The quantitative estimate of drug-likeness (QED) is 0.730. The molecule has 18 heavy (non-hydrogen) atoms. The van der Waals surface area contributed by atoms with E-state index in [9.17, 15) is 14.4 Å². The Kier molecular flexibility index (Phi) is 4.32. The maximum absolute atomic E-state index is 12.1. The van der Waals surface area contributed by atoms with Crippen molar-refractivity contribution in [2.75, 3.05) is 19.6 Å². The molecule has 1 fully saturated rings. The summed E-state index contributed by atoms with van der Waals surface area (Å²) < 4.78 is 0. The van der Waals surface area contributed by atoms with Gasteiger partial charge >= 0.3 is 6.03 Å². The Morgan fingerprint density at radius 3 is 2.22 bits per heavy atom. The Morgan fingerprint density at radius 2 is 1.83 bits per heavy atom. The lowest BCUT2D eigenvalue weighted by Crippen LogP contribution is -2.45. The van der Waals surface area contributed by atoms with Gasteiger partial charge in [-0.25, -0.2) is 4.79 Å². The topological polar surface area (TPSA) is 69.7 Å². The number of rotatable bonds is 5. The van der Waals surface area contributed by atoms with Crippen LogP contribution >= 0.6 is 0 Å². The Morgan fingerprint density at radius 1 is 1.28 bits per heavy atom. The van der Waals surface area contributed by atoms with Crippen molar-refractivity contribution in [2.24, 2.45) is 0 Å². The molecule has 0 aromatic rings. The molecule has 0 aromatic heterocycles. The highest BCUT2D eigenvalue weighted by Crippen LogP contribution is 2.20. The van der Waals surface area contributed by atoms with Gasteiger partial charge in [-0.15, -0.1) is 0 Å². The minimum Gasteiger partial charge on any atom is -0.342 e.